The summed E-state index contributed by atoms with van der Waals surface area (Å²) in [5.74, 6) is 0.363. The summed E-state index contributed by atoms with van der Waals surface area (Å²) in [6, 6.07) is 8.33. The molecule has 2 N–H and O–H groups in total. The van der Waals surface area contributed by atoms with E-state index in [9.17, 15) is 4.79 Å². The Kier molecular flexibility index (Phi) is 2.51. The van der Waals surface area contributed by atoms with Crippen LogP contribution in [0.2, 0.25) is 0 Å². The SMILES string of the molecule is CNC(=O)N1Cc2[nH]c3ccccc3c2C(C)C1. The van der Waals surface area contributed by atoms with Gasteiger partial charge in [0.1, 0.15) is 0 Å². The highest BCUT2D eigenvalue weighted by Crippen LogP contribution is 2.34. The average Bonchev–Trinajstić information content (AvgIpc) is 2.76. The number of para-hydroxylation sites is 1. The van der Waals surface area contributed by atoms with Crippen molar-refractivity contribution in [2.24, 2.45) is 0 Å². The molecule has 2 amide bonds. The summed E-state index contributed by atoms with van der Waals surface area (Å²) in [4.78, 5) is 17.0. The van der Waals surface area contributed by atoms with Gasteiger partial charge >= 0.3 is 6.03 Å². The number of aromatic amines is 1. The van der Waals surface area contributed by atoms with Crippen molar-refractivity contribution in [3.63, 3.8) is 0 Å². The second kappa shape index (κ2) is 4.05. The topological polar surface area (TPSA) is 48.1 Å². The zero-order chi connectivity index (χ0) is 12.7. The maximum atomic E-state index is 11.7. The normalized spacial score (nSPS) is 18.8. The van der Waals surface area contributed by atoms with Gasteiger partial charge < -0.3 is 15.2 Å². The molecule has 0 bridgehead atoms. The Morgan fingerprint density at radius 1 is 1.44 bits per heavy atom. The van der Waals surface area contributed by atoms with Crippen LogP contribution in [0.25, 0.3) is 10.9 Å². The van der Waals surface area contributed by atoms with Gasteiger partial charge in [-0.25, -0.2) is 4.79 Å². The Hall–Kier alpha value is -1.97. The summed E-state index contributed by atoms with van der Waals surface area (Å²) in [5, 5.41) is 3.98. The van der Waals surface area contributed by atoms with E-state index in [2.05, 4.69) is 35.4 Å². The second-order valence-corrected chi connectivity index (χ2v) is 4.90. The highest BCUT2D eigenvalue weighted by Gasteiger charge is 2.28. The lowest BCUT2D eigenvalue weighted by molar-refractivity contribution is 0.189. The smallest absolute Gasteiger partial charge is 0.317 e. The van der Waals surface area contributed by atoms with Gasteiger partial charge in [-0.05, 0) is 11.6 Å². The number of hydrogen-bond donors (Lipinski definition) is 2. The van der Waals surface area contributed by atoms with Gasteiger partial charge in [0.2, 0.25) is 0 Å². The number of benzene rings is 1. The lowest BCUT2D eigenvalue weighted by atomic mass is 9.94. The maximum Gasteiger partial charge on any atom is 0.317 e. The van der Waals surface area contributed by atoms with E-state index >= 15 is 0 Å². The molecule has 4 heteroatoms. The number of hydrogen-bond acceptors (Lipinski definition) is 1. The summed E-state index contributed by atoms with van der Waals surface area (Å²) < 4.78 is 0. The lowest BCUT2D eigenvalue weighted by Gasteiger charge is -2.31. The van der Waals surface area contributed by atoms with Crippen molar-refractivity contribution in [2.45, 2.75) is 19.4 Å². The van der Waals surface area contributed by atoms with Crippen LogP contribution >= 0.6 is 0 Å². The highest BCUT2D eigenvalue weighted by atomic mass is 16.2. The van der Waals surface area contributed by atoms with Crippen LogP contribution in [0.1, 0.15) is 24.1 Å². The van der Waals surface area contributed by atoms with Crippen molar-refractivity contribution in [3.05, 3.63) is 35.5 Å². The summed E-state index contributed by atoms with van der Waals surface area (Å²) in [6.07, 6.45) is 0. The molecule has 1 atom stereocenters. The number of carbonyl (C=O) groups is 1. The molecule has 2 aromatic rings. The van der Waals surface area contributed by atoms with E-state index in [4.69, 9.17) is 0 Å². The third kappa shape index (κ3) is 1.56. The third-order valence-corrected chi connectivity index (χ3v) is 3.67. The zero-order valence-electron chi connectivity index (χ0n) is 10.7. The number of carbonyl (C=O) groups excluding carboxylic acids is 1. The first-order valence-electron chi connectivity index (χ1n) is 6.27. The van der Waals surface area contributed by atoms with Crippen LogP contribution in [0.4, 0.5) is 4.79 Å². The standard InChI is InChI=1S/C14H17N3O/c1-9-7-17(14(18)15-2)8-12-13(9)10-5-3-4-6-11(10)16-12/h3-6,9,16H,7-8H2,1-2H3,(H,15,18). The summed E-state index contributed by atoms with van der Waals surface area (Å²) in [7, 11) is 1.67. The van der Waals surface area contributed by atoms with Crippen molar-refractivity contribution < 1.29 is 4.79 Å². The number of nitrogens with zero attached hydrogens (tertiary/aromatic N) is 1. The Morgan fingerprint density at radius 3 is 3.00 bits per heavy atom. The predicted molar refractivity (Wildman–Crippen MR) is 71.6 cm³/mol. The largest absolute Gasteiger partial charge is 0.357 e. The van der Waals surface area contributed by atoms with Gasteiger partial charge in [0.15, 0.2) is 0 Å². The first-order valence-corrected chi connectivity index (χ1v) is 6.27. The van der Waals surface area contributed by atoms with Gasteiger partial charge in [-0.2, -0.15) is 0 Å². The van der Waals surface area contributed by atoms with Gasteiger partial charge in [0, 0.05) is 36.1 Å². The van der Waals surface area contributed by atoms with Crippen LogP contribution in [-0.2, 0) is 6.54 Å². The maximum absolute atomic E-state index is 11.7. The molecule has 18 heavy (non-hydrogen) atoms. The number of aromatic nitrogens is 1. The van der Waals surface area contributed by atoms with E-state index in [1.54, 1.807) is 7.05 Å². The molecule has 3 rings (SSSR count). The van der Waals surface area contributed by atoms with Crippen LogP contribution in [0, 0.1) is 0 Å². The highest BCUT2D eigenvalue weighted by molar-refractivity contribution is 5.86. The van der Waals surface area contributed by atoms with Crippen molar-refractivity contribution >= 4 is 16.9 Å². The lowest BCUT2D eigenvalue weighted by Crippen LogP contribution is -2.42. The minimum absolute atomic E-state index is 0.00819. The van der Waals surface area contributed by atoms with Gasteiger partial charge in [-0.3, -0.25) is 0 Å². The number of fused-ring (bicyclic) bond motifs is 3. The van der Waals surface area contributed by atoms with E-state index in [1.165, 1.54) is 16.6 Å². The van der Waals surface area contributed by atoms with Gasteiger partial charge in [-0.15, -0.1) is 0 Å². The number of rotatable bonds is 0. The van der Waals surface area contributed by atoms with E-state index in [0.29, 0.717) is 12.5 Å². The van der Waals surface area contributed by atoms with Gasteiger partial charge in [0.25, 0.3) is 0 Å². The molecule has 0 saturated carbocycles. The molecule has 1 aliphatic heterocycles. The second-order valence-electron chi connectivity index (χ2n) is 4.90. The molecule has 1 aromatic heterocycles. The van der Waals surface area contributed by atoms with Gasteiger partial charge in [-0.1, -0.05) is 25.1 Å². The Balaban J connectivity index is 2.07. The summed E-state index contributed by atoms with van der Waals surface area (Å²) in [6.45, 7) is 3.61. The molecular weight excluding hydrogens is 226 g/mol. The van der Waals surface area contributed by atoms with E-state index in [-0.39, 0.29) is 6.03 Å². The third-order valence-electron chi connectivity index (χ3n) is 3.67. The number of H-pyrrole nitrogens is 1. The molecule has 0 spiro atoms. The number of urea groups is 1. The molecular formula is C14H17N3O. The Bertz CT molecular complexity index is 602. The van der Waals surface area contributed by atoms with E-state index in [1.807, 2.05) is 11.0 Å². The fourth-order valence-corrected chi connectivity index (χ4v) is 2.90. The molecule has 0 saturated heterocycles. The molecule has 94 valence electrons. The fraction of sp³-hybridized carbons (Fsp3) is 0.357. The molecule has 2 heterocycles. The first kappa shape index (κ1) is 11.1. The Morgan fingerprint density at radius 2 is 2.22 bits per heavy atom. The van der Waals surface area contributed by atoms with Crippen LogP contribution in [0.15, 0.2) is 24.3 Å². The molecule has 1 unspecified atom stereocenters. The molecule has 0 fully saturated rings. The molecule has 0 aliphatic carbocycles. The predicted octanol–water partition coefficient (Wildman–Crippen LogP) is 2.43. The van der Waals surface area contributed by atoms with Crippen molar-refractivity contribution in [2.75, 3.05) is 13.6 Å². The number of amides is 2. The van der Waals surface area contributed by atoms with Crippen molar-refractivity contribution in [1.29, 1.82) is 0 Å². The molecule has 1 aliphatic rings. The van der Waals surface area contributed by atoms with E-state index in [0.717, 1.165) is 12.1 Å². The van der Waals surface area contributed by atoms with Gasteiger partial charge in [0.05, 0.1) is 6.54 Å². The van der Waals surface area contributed by atoms with Crippen LogP contribution in [0.3, 0.4) is 0 Å². The average molecular weight is 243 g/mol. The van der Waals surface area contributed by atoms with Crippen molar-refractivity contribution in [1.82, 2.24) is 15.2 Å². The minimum Gasteiger partial charge on any atom is -0.357 e. The molecule has 1 aromatic carbocycles. The quantitative estimate of drug-likeness (QED) is 0.733. The van der Waals surface area contributed by atoms with E-state index < -0.39 is 0 Å². The summed E-state index contributed by atoms with van der Waals surface area (Å²) >= 11 is 0. The van der Waals surface area contributed by atoms with Crippen LogP contribution in [-0.4, -0.2) is 29.5 Å². The van der Waals surface area contributed by atoms with Crippen LogP contribution < -0.4 is 5.32 Å². The fourth-order valence-electron chi connectivity index (χ4n) is 2.90. The molecule has 4 nitrogen and oxygen atoms in total. The number of nitrogens with one attached hydrogen (secondary N) is 2. The Labute approximate surface area is 106 Å². The summed E-state index contributed by atoms with van der Waals surface area (Å²) in [5.41, 5.74) is 3.69. The molecule has 0 radical (unpaired) electrons. The van der Waals surface area contributed by atoms with Crippen molar-refractivity contribution in [3.8, 4) is 0 Å². The van der Waals surface area contributed by atoms with Crippen LogP contribution in [0.5, 0.6) is 0 Å². The minimum atomic E-state index is -0.00819. The monoisotopic (exact) mass is 243 g/mol. The first-order chi connectivity index (χ1) is 8.70. The zero-order valence-corrected chi connectivity index (χ0v) is 10.7.